The topological polar surface area (TPSA) is 34.0 Å². The fourth-order valence-electron chi connectivity index (χ4n) is 2.20. The van der Waals surface area contributed by atoms with E-state index >= 15 is 0 Å². The van der Waals surface area contributed by atoms with Gasteiger partial charge in [-0.25, -0.2) is 0 Å². The second kappa shape index (κ2) is 5.71. The molecule has 1 aromatic heterocycles. The number of hydrogen-bond donors (Lipinski definition) is 1. The van der Waals surface area contributed by atoms with E-state index in [1.165, 1.54) is 0 Å². The standard InChI is InChI=1S/C15H20N2O/c1-3-5-10-17-11-13(15(18)16-4-2)12-8-6-7-9-14(12)17/h6-9,11H,3-5,10H2,1-2H3,(H,16,18). The maximum absolute atomic E-state index is 12.0. The summed E-state index contributed by atoms with van der Waals surface area (Å²) in [5.41, 5.74) is 1.93. The number of fused-ring (bicyclic) bond motifs is 1. The average molecular weight is 244 g/mol. The predicted molar refractivity (Wildman–Crippen MR) is 74.9 cm³/mol. The van der Waals surface area contributed by atoms with Crippen LogP contribution in [0, 0.1) is 0 Å². The molecule has 0 saturated heterocycles. The number of aryl methyl sites for hydroxylation is 1. The minimum absolute atomic E-state index is 0.0175. The van der Waals surface area contributed by atoms with Gasteiger partial charge < -0.3 is 9.88 Å². The lowest BCUT2D eigenvalue weighted by Crippen LogP contribution is -2.22. The second-order valence-electron chi connectivity index (χ2n) is 4.47. The van der Waals surface area contributed by atoms with Gasteiger partial charge in [-0.2, -0.15) is 0 Å². The third-order valence-corrected chi connectivity index (χ3v) is 3.12. The molecule has 0 aliphatic carbocycles. The van der Waals surface area contributed by atoms with Crippen molar-refractivity contribution < 1.29 is 4.79 Å². The number of amides is 1. The van der Waals surface area contributed by atoms with E-state index in [1.807, 2.05) is 31.3 Å². The zero-order valence-electron chi connectivity index (χ0n) is 11.1. The second-order valence-corrected chi connectivity index (χ2v) is 4.47. The molecule has 1 amide bonds. The highest BCUT2D eigenvalue weighted by atomic mass is 16.1. The molecular formula is C15H20N2O. The summed E-state index contributed by atoms with van der Waals surface area (Å²) in [5, 5.41) is 3.91. The van der Waals surface area contributed by atoms with E-state index in [9.17, 15) is 4.79 Å². The summed E-state index contributed by atoms with van der Waals surface area (Å²) >= 11 is 0. The monoisotopic (exact) mass is 244 g/mol. The Hall–Kier alpha value is -1.77. The molecule has 2 aromatic rings. The minimum atomic E-state index is 0.0175. The molecule has 0 spiro atoms. The number of carbonyl (C=O) groups is 1. The first-order valence-corrected chi connectivity index (χ1v) is 6.64. The van der Waals surface area contributed by atoms with Crippen LogP contribution in [-0.2, 0) is 6.54 Å². The number of carbonyl (C=O) groups excluding carboxylic acids is 1. The summed E-state index contributed by atoms with van der Waals surface area (Å²) in [5.74, 6) is 0.0175. The van der Waals surface area contributed by atoms with Crippen LogP contribution < -0.4 is 5.32 Å². The van der Waals surface area contributed by atoms with Crippen molar-refractivity contribution in [3.8, 4) is 0 Å². The number of para-hydroxylation sites is 1. The highest BCUT2D eigenvalue weighted by Crippen LogP contribution is 2.21. The Balaban J connectivity index is 2.43. The summed E-state index contributed by atoms with van der Waals surface area (Å²) < 4.78 is 2.18. The van der Waals surface area contributed by atoms with Crippen molar-refractivity contribution in [1.82, 2.24) is 9.88 Å². The van der Waals surface area contributed by atoms with Crippen LogP contribution in [0.1, 0.15) is 37.0 Å². The molecule has 3 nitrogen and oxygen atoms in total. The lowest BCUT2D eigenvalue weighted by molar-refractivity contribution is 0.0957. The summed E-state index contributed by atoms with van der Waals surface area (Å²) in [4.78, 5) is 12.0. The fraction of sp³-hybridized carbons (Fsp3) is 0.400. The van der Waals surface area contributed by atoms with Gasteiger partial charge in [0.25, 0.3) is 5.91 Å². The van der Waals surface area contributed by atoms with Crippen molar-refractivity contribution in [1.29, 1.82) is 0 Å². The molecule has 1 aromatic carbocycles. The Morgan fingerprint density at radius 1 is 1.28 bits per heavy atom. The number of rotatable bonds is 5. The Labute approximate surface area is 108 Å². The van der Waals surface area contributed by atoms with Crippen LogP contribution in [0.4, 0.5) is 0 Å². The Kier molecular flexibility index (Phi) is 4.03. The number of hydrogen-bond acceptors (Lipinski definition) is 1. The van der Waals surface area contributed by atoms with Gasteiger partial charge in [0.1, 0.15) is 0 Å². The molecule has 0 saturated carbocycles. The number of nitrogens with zero attached hydrogens (tertiary/aromatic N) is 1. The summed E-state index contributed by atoms with van der Waals surface area (Å²) in [7, 11) is 0. The quantitative estimate of drug-likeness (QED) is 0.861. The maximum Gasteiger partial charge on any atom is 0.253 e. The van der Waals surface area contributed by atoms with E-state index in [2.05, 4.69) is 22.9 Å². The number of nitrogens with one attached hydrogen (secondary N) is 1. The van der Waals surface area contributed by atoms with Crippen LogP contribution in [0.15, 0.2) is 30.5 Å². The van der Waals surface area contributed by atoms with Crippen LogP contribution >= 0.6 is 0 Å². The van der Waals surface area contributed by atoms with Crippen LogP contribution in [0.25, 0.3) is 10.9 Å². The first-order valence-electron chi connectivity index (χ1n) is 6.64. The van der Waals surface area contributed by atoms with E-state index < -0.39 is 0 Å². The Bertz CT molecular complexity index is 542. The van der Waals surface area contributed by atoms with E-state index in [-0.39, 0.29) is 5.91 Å². The molecule has 0 fully saturated rings. The lowest BCUT2D eigenvalue weighted by atomic mass is 10.1. The summed E-state index contributed by atoms with van der Waals surface area (Å²) in [6.07, 6.45) is 4.27. The molecular weight excluding hydrogens is 224 g/mol. The lowest BCUT2D eigenvalue weighted by Gasteiger charge is -2.02. The number of aromatic nitrogens is 1. The van der Waals surface area contributed by atoms with E-state index in [1.54, 1.807) is 0 Å². The van der Waals surface area contributed by atoms with E-state index in [0.717, 1.165) is 35.9 Å². The van der Waals surface area contributed by atoms with Gasteiger partial charge in [-0.1, -0.05) is 31.5 Å². The molecule has 0 atom stereocenters. The van der Waals surface area contributed by atoms with Gasteiger partial charge in [0.05, 0.1) is 5.56 Å². The molecule has 0 radical (unpaired) electrons. The highest BCUT2D eigenvalue weighted by Gasteiger charge is 2.13. The van der Waals surface area contributed by atoms with Crippen molar-refractivity contribution in [3.63, 3.8) is 0 Å². The van der Waals surface area contributed by atoms with Crippen LogP contribution in [0.3, 0.4) is 0 Å². The third-order valence-electron chi connectivity index (χ3n) is 3.12. The first kappa shape index (κ1) is 12.7. The zero-order valence-corrected chi connectivity index (χ0v) is 11.1. The molecule has 2 rings (SSSR count). The summed E-state index contributed by atoms with van der Waals surface area (Å²) in [6.45, 7) is 5.74. The smallest absolute Gasteiger partial charge is 0.253 e. The van der Waals surface area contributed by atoms with Crippen molar-refractivity contribution in [2.75, 3.05) is 6.54 Å². The molecule has 0 bridgehead atoms. The van der Waals surface area contributed by atoms with Crippen molar-refractivity contribution in [3.05, 3.63) is 36.0 Å². The van der Waals surface area contributed by atoms with Crippen molar-refractivity contribution in [2.24, 2.45) is 0 Å². The molecule has 1 N–H and O–H groups in total. The zero-order chi connectivity index (χ0) is 13.0. The average Bonchev–Trinajstić information content (AvgIpc) is 2.76. The van der Waals surface area contributed by atoms with E-state index in [0.29, 0.717) is 6.54 Å². The predicted octanol–water partition coefficient (Wildman–Crippen LogP) is 3.19. The molecule has 96 valence electrons. The van der Waals surface area contributed by atoms with Gasteiger partial charge in [-0.3, -0.25) is 4.79 Å². The van der Waals surface area contributed by atoms with Gasteiger partial charge >= 0.3 is 0 Å². The van der Waals surface area contributed by atoms with Gasteiger partial charge in [0, 0.05) is 30.2 Å². The van der Waals surface area contributed by atoms with Crippen molar-refractivity contribution in [2.45, 2.75) is 33.2 Å². The van der Waals surface area contributed by atoms with Crippen molar-refractivity contribution >= 4 is 16.8 Å². The molecule has 0 aliphatic heterocycles. The minimum Gasteiger partial charge on any atom is -0.352 e. The molecule has 3 heteroatoms. The first-order chi connectivity index (χ1) is 8.77. The van der Waals surface area contributed by atoms with E-state index in [4.69, 9.17) is 0 Å². The maximum atomic E-state index is 12.0. The third kappa shape index (κ3) is 2.40. The van der Waals surface area contributed by atoms with Crippen LogP contribution in [0.2, 0.25) is 0 Å². The molecule has 0 aliphatic rings. The Morgan fingerprint density at radius 3 is 2.78 bits per heavy atom. The van der Waals surface area contributed by atoms with Gasteiger partial charge in [0.15, 0.2) is 0 Å². The summed E-state index contributed by atoms with van der Waals surface area (Å²) in [6, 6.07) is 8.09. The molecule has 18 heavy (non-hydrogen) atoms. The molecule has 1 heterocycles. The van der Waals surface area contributed by atoms with Crippen LogP contribution in [0.5, 0.6) is 0 Å². The van der Waals surface area contributed by atoms with Gasteiger partial charge in [0.2, 0.25) is 0 Å². The Morgan fingerprint density at radius 2 is 2.06 bits per heavy atom. The van der Waals surface area contributed by atoms with Gasteiger partial charge in [-0.05, 0) is 19.4 Å². The SMILES string of the molecule is CCCCn1cc(C(=O)NCC)c2ccccc21. The number of benzene rings is 1. The molecule has 0 unspecified atom stereocenters. The van der Waals surface area contributed by atoms with Gasteiger partial charge in [-0.15, -0.1) is 0 Å². The highest BCUT2D eigenvalue weighted by molar-refractivity contribution is 6.06. The fourth-order valence-corrected chi connectivity index (χ4v) is 2.20. The number of unbranched alkanes of at least 4 members (excludes halogenated alkanes) is 1. The normalized spacial score (nSPS) is 10.8. The largest absolute Gasteiger partial charge is 0.352 e. The van der Waals surface area contributed by atoms with Crippen LogP contribution in [-0.4, -0.2) is 17.0 Å².